The van der Waals surface area contributed by atoms with Crippen molar-refractivity contribution in [3.63, 3.8) is 0 Å². The SMILES string of the molecule is C[C@H]1CN(C(=O)Cn2ccccc2=O)C[C@H](C)N1. The van der Waals surface area contributed by atoms with Gasteiger partial charge in [-0.25, -0.2) is 0 Å². The number of aromatic nitrogens is 1. The van der Waals surface area contributed by atoms with Gasteiger partial charge in [-0.3, -0.25) is 9.59 Å². The molecule has 0 unspecified atom stereocenters. The number of carbonyl (C=O) groups is 1. The lowest BCUT2D eigenvalue weighted by atomic mass is 10.1. The Morgan fingerprint density at radius 3 is 2.61 bits per heavy atom. The maximum absolute atomic E-state index is 12.1. The number of hydrogen-bond acceptors (Lipinski definition) is 3. The molecule has 18 heavy (non-hydrogen) atoms. The molecule has 1 aliphatic heterocycles. The molecular weight excluding hydrogens is 230 g/mol. The lowest BCUT2D eigenvalue weighted by Crippen LogP contribution is -2.56. The third-order valence-corrected chi connectivity index (χ3v) is 3.11. The van der Waals surface area contributed by atoms with Gasteiger partial charge in [0.15, 0.2) is 0 Å². The highest BCUT2D eigenvalue weighted by molar-refractivity contribution is 5.76. The first-order valence-electron chi connectivity index (χ1n) is 6.25. The second kappa shape index (κ2) is 5.35. The van der Waals surface area contributed by atoms with Gasteiger partial charge in [-0.15, -0.1) is 0 Å². The monoisotopic (exact) mass is 249 g/mol. The van der Waals surface area contributed by atoms with E-state index in [1.54, 1.807) is 18.3 Å². The molecule has 1 N–H and O–H groups in total. The molecule has 0 spiro atoms. The van der Waals surface area contributed by atoms with Crippen molar-refractivity contribution < 1.29 is 4.79 Å². The molecule has 0 saturated carbocycles. The highest BCUT2D eigenvalue weighted by Crippen LogP contribution is 2.05. The minimum absolute atomic E-state index is 0.00324. The van der Waals surface area contributed by atoms with Crippen LogP contribution >= 0.6 is 0 Å². The fraction of sp³-hybridized carbons (Fsp3) is 0.538. The van der Waals surface area contributed by atoms with Crippen LogP contribution < -0.4 is 10.9 Å². The Morgan fingerprint density at radius 1 is 1.33 bits per heavy atom. The van der Waals surface area contributed by atoms with Gasteiger partial charge in [0.1, 0.15) is 6.54 Å². The smallest absolute Gasteiger partial charge is 0.250 e. The average Bonchev–Trinajstić information content (AvgIpc) is 2.31. The predicted molar refractivity (Wildman–Crippen MR) is 69.3 cm³/mol. The molecule has 2 rings (SSSR count). The van der Waals surface area contributed by atoms with Crippen LogP contribution in [-0.4, -0.2) is 40.5 Å². The van der Waals surface area contributed by atoms with Gasteiger partial charge in [0, 0.05) is 37.4 Å². The van der Waals surface area contributed by atoms with Crippen molar-refractivity contribution in [1.82, 2.24) is 14.8 Å². The van der Waals surface area contributed by atoms with Crippen molar-refractivity contribution in [2.45, 2.75) is 32.5 Å². The van der Waals surface area contributed by atoms with Crippen LogP contribution in [0.2, 0.25) is 0 Å². The molecule has 0 bridgehead atoms. The standard InChI is InChI=1S/C13H19N3O2/c1-10-7-16(8-11(2)14-10)13(18)9-15-6-4-3-5-12(15)17/h3-6,10-11,14H,7-9H2,1-2H3/t10-,11-/m0/s1. The molecule has 0 aliphatic carbocycles. The van der Waals surface area contributed by atoms with Crippen molar-refractivity contribution in [1.29, 1.82) is 0 Å². The fourth-order valence-corrected chi connectivity index (χ4v) is 2.37. The van der Waals surface area contributed by atoms with Crippen molar-refractivity contribution in [2.24, 2.45) is 0 Å². The summed E-state index contributed by atoms with van der Waals surface area (Å²) in [5, 5.41) is 3.38. The third-order valence-electron chi connectivity index (χ3n) is 3.11. The van der Waals surface area contributed by atoms with Crippen LogP contribution in [0.15, 0.2) is 29.2 Å². The summed E-state index contributed by atoms with van der Waals surface area (Å²) in [5.74, 6) is 0.00324. The number of piperazine rings is 1. The summed E-state index contributed by atoms with van der Waals surface area (Å²) >= 11 is 0. The van der Waals surface area contributed by atoms with Crippen LogP contribution in [0, 0.1) is 0 Å². The first kappa shape index (κ1) is 12.8. The largest absolute Gasteiger partial charge is 0.338 e. The number of hydrogen-bond donors (Lipinski definition) is 1. The Bertz CT molecular complexity index is 473. The van der Waals surface area contributed by atoms with Crippen LogP contribution in [0.1, 0.15) is 13.8 Å². The molecule has 0 radical (unpaired) electrons. The molecule has 1 fully saturated rings. The average molecular weight is 249 g/mol. The zero-order valence-corrected chi connectivity index (χ0v) is 10.8. The van der Waals surface area contributed by atoms with E-state index in [9.17, 15) is 9.59 Å². The molecule has 5 heteroatoms. The van der Waals surface area contributed by atoms with E-state index in [0.717, 1.165) is 0 Å². The molecule has 1 aromatic rings. The van der Waals surface area contributed by atoms with Gasteiger partial charge in [0.25, 0.3) is 5.56 Å². The Kier molecular flexibility index (Phi) is 3.81. The maximum Gasteiger partial charge on any atom is 0.250 e. The number of nitrogens with one attached hydrogen (secondary N) is 1. The molecule has 5 nitrogen and oxygen atoms in total. The topological polar surface area (TPSA) is 54.3 Å². The first-order valence-corrected chi connectivity index (χ1v) is 6.25. The number of nitrogens with zero attached hydrogens (tertiary/aromatic N) is 2. The van der Waals surface area contributed by atoms with E-state index in [-0.39, 0.29) is 18.0 Å². The van der Waals surface area contributed by atoms with E-state index in [4.69, 9.17) is 0 Å². The van der Waals surface area contributed by atoms with Gasteiger partial charge in [0.2, 0.25) is 5.91 Å². The first-order chi connectivity index (χ1) is 8.56. The highest BCUT2D eigenvalue weighted by Gasteiger charge is 2.24. The van der Waals surface area contributed by atoms with E-state index in [2.05, 4.69) is 19.2 Å². The molecular formula is C13H19N3O2. The summed E-state index contributed by atoms with van der Waals surface area (Å²) in [6.45, 7) is 5.64. The summed E-state index contributed by atoms with van der Waals surface area (Å²) in [6, 6.07) is 5.50. The lowest BCUT2D eigenvalue weighted by Gasteiger charge is -2.36. The summed E-state index contributed by atoms with van der Waals surface area (Å²) in [7, 11) is 0. The van der Waals surface area contributed by atoms with Crippen LogP contribution in [0.5, 0.6) is 0 Å². The number of rotatable bonds is 2. The van der Waals surface area contributed by atoms with Gasteiger partial charge in [-0.1, -0.05) is 6.07 Å². The summed E-state index contributed by atoms with van der Waals surface area (Å²) < 4.78 is 1.44. The Balaban J connectivity index is 2.04. The van der Waals surface area contributed by atoms with E-state index in [1.807, 2.05) is 4.90 Å². The van der Waals surface area contributed by atoms with Gasteiger partial charge in [-0.2, -0.15) is 0 Å². The Morgan fingerprint density at radius 2 is 2.00 bits per heavy atom. The van der Waals surface area contributed by atoms with Crippen molar-refractivity contribution in [3.05, 3.63) is 34.7 Å². The quantitative estimate of drug-likeness (QED) is 0.806. The highest BCUT2D eigenvalue weighted by atomic mass is 16.2. The van der Waals surface area contributed by atoms with Crippen molar-refractivity contribution in [2.75, 3.05) is 13.1 Å². The van der Waals surface area contributed by atoms with Crippen LogP contribution in [0.3, 0.4) is 0 Å². The second-order valence-corrected chi connectivity index (χ2v) is 4.93. The normalized spacial score (nSPS) is 24.0. The zero-order chi connectivity index (χ0) is 13.1. The molecule has 2 atom stereocenters. The lowest BCUT2D eigenvalue weighted by molar-refractivity contribution is -0.133. The molecule has 1 amide bonds. The maximum atomic E-state index is 12.1. The van der Waals surface area contributed by atoms with Gasteiger partial charge in [0.05, 0.1) is 0 Å². The predicted octanol–water partition coefficient (Wildman–Crippen LogP) is 0.0571. The van der Waals surface area contributed by atoms with Crippen LogP contribution in [0.25, 0.3) is 0 Å². The molecule has 1 aromatic heterocycles. The molecule has 98 valence electrons. The second-order valence-electron chi connectivity index (χ2n) is 4.93. The van der Waals surface area contributed by atoms with Crippen LogP contribution in [0.4, 0.5) is 0 Å². The van der Waals surface area contributed by atoms with E-state index in [1.165, 1.54) is 10.6 Å². The summed E-state index contributed by atoms with van der Waals surface area (Å²) in [6.07, 6.45) is 1.65. The zero-order valence-electron chi connectivity index (χ0n) is 10.8. The Hall–Kier alpha value is -1.62. The van der Waals surface area contributed by atoms with E-state index in [0.29, 0.717) is 25.2 Å². The van der Waals surface area contributed by atoms with Crippen molar-refractivity contribution >= 4 is 5.91 Å². The molecule has 1 saturated heterocycles. The molecule has 1 aliphatic rings. The molecule has 0 aromatic carbocycles. The fourth-order valence-electron chi connectivity index (χ4n) is 2.37. The third kappa shape index (κ3) is 2.98. The van der Waals surface area contributed by atoms with Gasteiger partial charge >= 0.3 is 0 Å². The summed E-state index contributed by atoms with van der Waals surface area (Å²) in [5.41, 5.74) is -0.137. The molecule has 2 heterocycles. The number of carbonyl (C=O) groups excluding carboxylic acids is 1. The van der Waals surface area contributed by atoms with E-state index >= 15 is 0 Å². The Labute approximate surface area is 106 Å². The van der Waals surface area contributed by atoms with Crippen molar-refractivity contribution in [3.8, 4) is 0 Å². The summed E-state index contributed by atoms with van der Waals surface area (Å²) in [4.78, 5) is 25.5. The number of pyridine rings is 1. The minimum atomic E-state index is -0.137. The number of amides is 1. The van der Waals surface area contributed by atoms with E-state index < -0.39 is 0 Å². The van der Waals surface area contributed by atoms with Gasteiger partial charge in [-0.05, 0) is 19.9 Å². The van der Waals surface area contributed by atoms with Crippen LogP contribution in [-0.2, 0) is 11.3 Å². The minimum Gasteiger partial charge on any atom is -0.338 e. The van der Waals surface area contributed by atoms with Gasteiger partial charge < -0.3 is 14.8 Å².